The Balaban J connectivity index is 2.81. The summed E-state index contributed by atoms with van der Waals surface area (Å²) in [4.78, 5) is 16.2. The van der Waals surface area contributed by atoms with Crippen molar-refractivity contribution in [2.24, 2.45) is 17.1 Å². The fourth-order valence-electron chi connectivity index (χ4n) is 1.50. The van der Waals surface area contributed by atoms with Gasteiger partial charge in [0.1, 0.15) is 0 Å². The summed E-state index contributed by atoms with van der Waals surface area (Å²) >= 11 is 0. The molecule has 0 atom stereocenters. The first-order chi connectivity index (χ1) is 8.35. The van der Waals surface area contributed by atoms with E-state index in [1.807, 2.05) is 0 Å². The van der Waals surface area contributed by atoms with Gasteiger partial charge in [0.05, 0.1) is 0 Å². The lowest BCUT2D eigenvalue weighted by atomic mass is 9.94. The van der Waals surface area contributed by atoms with Crippen LogP contribution in [0.2, 0.25) is 0 Å². The van der Waals surface area contributed by atoms with Gasteiger partial charge in [0.2, 0.25) is 0 Å². The second-order valence-electron chi connectivity index (χ2n) is 5.85. The third-order valence-corrected chi connectivity index (χ3v) is 2.76. The highest BCUT2D eigenvalue weighted by molar-refractivity contribution is 5.31. The molecule has 0 saturated heterocycles. The van der Waals surface area contributed by atoms with Crippen molar-refractivity contribution in [1.82, 2.24) is 9.55 Å². The fraction of sp³-hybridized carbons (Fsp3) is 0.692. The topological polar surface area (TPSA) is 72.9 Å². The van der Waals surface area contributed by atoms with Crippen LogP contribution in [-0.4, -0.2) is 22.6 Å². The van der Waals surface area contributed by atoms with Crippen LogP contribution in [0.3, 0.4) is 0 Å². The van der Waals surface area contributed by atoms with Crippen LogP contribution in [0.4, 0.5) is 5.82 Å². The SMILES string of the molecule is CC(C)Cn1ccnc(NCC(C)(C)CN)c1=O. The molecule has 1 aromatic heterocycles. The van der Waals surface area contributed by atoms with Gasteiger partial charge in [-0.25, -0.2) is 4.98 Å². The normalized spacial score (nSPS) is 11.9. The summed E-state index contributed by atoms with van der Waals surface area (Å²) in [5.74, 6) is 0.832. The second-order valence-corrected chi connectivity index (χ2v) is 5.85. The van der Waals surface area contributed by atoms with Gasteiger partial charge in [-0.05, 0) is 17.9 Å². The zero-order valence-electron chi connectivity index (χ0n) is 11.7. The van der Waals surface area contributed by atoms with Crippen LogP contribution in [0.5, 0.6) is 0 Å². The smallest absolute Gasteiger partial charge is 0.293 e. The third-order valence-electron chi connectivity index (χ3n) is 2.76. The molecule has 0 radical (unpaired) electrons. The Morgan fingerprint density at radius 3 is 2.72 bits per heavy atom. The second kappa shape index (κ2) is 6.00. The highest BCUT2D eigenvalue weighted by atomic mass is 16.1. The molecule has 0 aliphatic heterocycles. The third kappa shape index (κ3) is 4.14. The molecule has 102 valence electrons. The van der Waals surface area contributed by atoms with Crippen LogP contribution in [-0.2, 0) is 6.54 Å². The van der Waals surface area contributed by atoms with Gasteiger partial charge < -0.3 is 15.6 Å². The molecule has 0 aliphatic carbocycles. The zero-order valence-corrected chi connectivity index (χ0v) is 11.7. The molecule has 0 bridgehead atoms. The predicted molar refractivity (Wildman–Crippen MR) is 74.7 cm³/mol. The van der Waals surface area contributed by atoms with Gasteiger partial charge in [-0.3, -0.25) is 4.79 Å². The number of aromatic nitrogens is 2. The molecular formula is C13H24N4O. The number of nitrogens with one attached hydrogen (secondary N) is 1. The van der Waals surface area contributed by atoms with Crippen LogP contribution in [0.1, 0.15) is 27.7 Å². The Morgan fingerprint density at radius 2 is 2.17 bits per heavy atom. The van der Waals surface area contributed by atoms with Crippen molar-refractivity contribution in [3.8, 4) is 0 Å². The van der Waals surface area contributed by atoms with E-state index in [4.69, 9.17) is 5.73 Å². The van der Waals surface area contributed by atoms with Crippen LogP contribution < -0.4 is 16.6 Å². The molecule has 0 amide bonds. The maximum Gasteiger partial charge on any atom is 0.293 e. The molecule has 0 aromatic carbocycles. The average molecular weight is 252 g/mol. The maximum atomic E-state index is 12.1. The largest absolute Gasteiger partial charge is 0.365 e. The molecule has 0 saturated carbocycles. The summed E-state index contributed by atoms with van der Waals surface area (Å²) in [6, 6.07) is 0. The van der Waals surface area contributed by atoms with Gasteiger partial charge in [0.25, 0.3) is 5.56 Å². The monoisotopic (exact) mass is 252 g/mol. The van der Waals surface area contributed by atoms with E-state index in [1.54, 1.807) is 17.0 Å². The number of hydrogen-bond donors (Lipinski definition) is 2. The number of nitrogens with zero attached hydrogens (tertiary/aromatic N) is 2. The van der Waals surface area contributed by atoms with Gasteiger partial charge >= 0.3 is 0 Å². The summed E-state index contributed by atoms with van der Waals surface area (Å²) in [5.41, 5.74) is 5.54. The molecule has 1 aromatic rings. The van der Waals surface area contributed by atoms with E-state index in [0.29, 0.717) is 31.4 Å². The molecule has 0 aliphatic rings. The van der Waals surface area contributed by atoms with Crippen molar-refractivity contribution < 1.29 is 0 Å². The highest BCUT2D eigenvalue weighted by Crippen LogP contribution is 2.12. The Morgan fingerprint density at radius 1 is 1.50 bits per heavy atom. The number of rotatable bonds is 6. The van der Waals surface area contributed by atoms with Crippen LogP contribution in [0.25, 0.3) is 0 Å². The predicted octanol–water partition coefficient (Wildman–Crippen LogP) is 1.30. The summed E-state index contributed by atoms with van der Waals surface area (Å²) in [7, 11) is 0. The highest BCUT2D eigenvalue weighted by Gasteiger charge is 2.16. The van der Waals surface area contributed by atoms with Gasteiger partial charge in [-0.15, -0.1) is 0 Å². The summed E-state index contributed by atoms with van der Waals surface area (Å²) < 4.78 is 1.69. The van der Waals surface area contributed by atoms with Gasteiger partial charge in [0.15, 0.2) is 5.82 Å². The molecule has 1 rings (SSSR count). The van der Waals surface area contributed by atoms with Gasteiger partial charge in [0, 0.05) is 25.5 Å². The molecule has 1 heterocycles. The minimum atomic E-state index is -0.0704. The molecule has 0 spiro atoms. The Bertz CT molecular complexity index is 437. The van der Waals surface area contributed by atoms with Crippen LogP contribution in [0.15, 0.2) is 17.2 Å². The number of hydrogen-bond acceptors (Lipinski definition) is 4. The maximum absolute atomic E-state index is 12.1. The van der Waals surface area contributed by atoms with Crippen molar-refractivity contribution in [3.63, 3.8) is 0 Å². The van der Waals surface area contributed by atoms with Gasteiger partial charge in [-0.1, -0.05) is 27.7 Å². The lowest BCUT2D eigenvalue weighted by molar-refractivity contribution is 0.404. The average Bonchev–Trinajstić information content (AvgIpc) is 2.30. The zero-order chi connectivity index (χ0) is 13.8. The van der Waals surface area contributed by atoms with E-state index in [-0.39, 0.29) is 11.0 Å². The van der Waals surface area contributed by atoms with E-state index >= 15 is 0 Å². The Kier molecular flexibility index (Phi) is 4.90. The molecule has 5 heteroatoms. The molecule has 3 N–H and O–H groups in total. The standard InChI is InChI=1S/C13H24N4O/c1-10(2)7-17-6-5-15-11(12(17)18)16-9-13(3,4)8-14/h5-6,10H,7-9,14H2,1-4H3,(H,15,16). The van der Waals surface area contributed by atoms with Crippen molar-refractivity contribution in [3.05, 3.63) is 22.7 Å². The molecule has 18 heavy (non-hydrogen) atoms. The number of anilines is 1. The minimum Gasteiger partial charge on any atom is -0.365 e. The summed E-state index contributed by atoms with van der Waals surface area (Å²) in [6.07, 6.45) is 3.38. The van der Waals surface area contributed by atoms with Gasteiger partial charge in [-0.2, -0.15) is 0 Å². The molecular weight excluding hydrogens is 228 g/mol. The first kappa shape index (κ1) is 14.7. The molecule has 0 fully saturated rings. The molecule has 0 unspecified atom stereocenters. The summed E-state index contributed by atoms with van der Waals surface area (Å²) in [6.45, 7) is 10.2. The van der Waals surface area contributed by atoms with Crippen LogP contribution in [0, 0.1) is 11.3 Å². The van der Waals surface area contributed by atoms with Crippen molar-refractivity contribution in [2.45, 2.75) is 34.2 Å². The summed E-state index contributed by atoms with van der Waals surface area (Å²) in [5, 5.41) is 3.09. The Hall–Kier alpha value is -1.36. The molecule has 5 nitrogen and oxygen atoms in total. The van der Waals surface area contributed by atoms with Crippen molar-refractivity contribution >= 4 is 5.82 Å². The van der Waals surface area contributed by atoms with E-state index in [1.165, 1.54) is 0 Å². The lowest BCUT2D eigenvalue weighted by Gasteiger charge is -2.22. The van der Waals surface area contributed by atoms with E-state index in [9.17, 15) is 4.79 Å². The minimum absolute atomic E-state index is 0.0488. The quantitative estimate of drug-likeness (QED) is 0.800. The van der Waals surface area contributed by atoms with Crippen molar-refractivity contribution in [2.75, 3.05) is 18.4 Å². The van der Waals surface area contributed by atoms with E-state index < -0.39 is 0 Å². The lowest BCUT2D eigenvalue weighted by Crippen LogP contribution is -2.34. The van der Waals surface area contributed by atoms with Crippen molar-refractivity contribution in [1.29, 1.82) is 0 Å². The first-order valence-electron chi connectivity index (χ1n) is 6.35. The van der Waals surface area contributed by atoms with Crippen LogP contribution >= 0.6 is 0 Å². The Labute approximate surface area is 108 Å². The first-order valence-corrected chi connectivity index (χ1v) is 6.35. The fourth-order valence-corrected chi connectivity index (χ4v) is 1.50. The van der Waals surface area contributed by atoms with E-state index in [2.05, 4.69) is 38.0 Å². The number of nitrogens with two attached hydrogens (primary N) is 1. The van der Waals surface area contributed by atoms with E-state index in [0.717, 1.165) is 0 Å².